The molecule has 0 aliphatic carbocycles. The summed E-state index contributed by atoms with van der Waals surface area (Å²) < 4.78 is 2.43. The van der Waals surface area contributed by atoms with E-state index in [0.717, 1.165) is 50.6 Å². The molecule has 2 nitrogen and oxygen atoms in total. The van der Waals surface area contributed by atoms with Gasteiger partial charge < -0.3 is 9.47 Å². The summed E-state index contributed by atoms with van der Waals surface area (Å²) in [5.74, 6) is 0. The molecule has 0 atom stereocenters. The van der Waals surface area contributed by atoms with Crippen molar-refractivity contribution >= 4 is 60.4 Å². The Morgan fingerprint density at radius 3 is 1.56 bits per heavy atom. The van der Waals surface area contributed by atoms with Crippen molar-refractivity contribution in [3.8, 4) is 61.3 Å². The summed E-state index contributed by atoms with van der Waals surface area (Å²) in [5.41, 5.74) is 18.5. The molecule has 12 aromatic carbocycles. The van der Waals surface area contributed by atoms with Crippen LogP contribution in [0.3, 0.4) is 0 Å². The van der Waals surface area contributed by atoms with Crippen LogP contribution in [0, 0.1) is 0 Å². The summed E-state index contributed by atoms with van der Waals surface area (Å²) in [6.45, 7) is 0. The van der Waals surface area contributed by atoms with Gasteiger partial charge in [-0.15, -0.1) is 0 Å². The number of fused-ring (bicyclic) bond motifs is 5. The van der Waals surface area contributed by atoms with E-state index in [1.807, 2.05) is 0 Å². The molecule has 0 aliphatic heterocycles. The number of aromatic nitrogens is 1. The number of anilines is 3. The van der Waals surface area contributed by atoms with E-state index in [0.29, 0.717) is 0 Å². The van der Waals surface area contributed by atoms with Gasteiger partial charge in [-0.1, -0.05) is 237 Å². The smallest absolute Gasteiger partial charge is 0.0619 e. The summed E-state index contributed by atoms with van der Waals surface area (Å²) in [4.78, 5) is 2.50. The lowest BCUT2D eigenvalue weighted by Gasteiger charge is -2.31. The van der Waals surface area contributed by atoms with Gasteiger partial charge in [0.15, 0.2) is 0 Å². The second kappa shape index (κ2) is 17.4. The molecule has 0 unspecified atom stereocenters. The molecule has 0 saturated heterocycles. The Bertz CT molecular complexity index is 4030. The fourth-order valence-corrected chi connectivity index (χ4v) is 10.8. The fraction of sp³-hybridized carbons (Fsp3) is 0. The quantitative estimate of drug-likeness (QED) is 0.140. The van der Waals surface area contributed by atoms with Crippen molar-refractivity contribution in [2.75, 3.05) is 4.90 Å². The highest BCUT2D eigenvalue weighted by Gasteiger charge is 2.24. The Morgan fingerprint density at radius 1 is 0.271 bits per heavy atom. The summed E-state index contributed by atoms with van der Waals surface area (Å²) in [7, 11) is 0. The molecular formula is C68H46N2. The molecule has 0 radical (unpaired) electrons. The minimum absolute atomic E-state index is 1.06. The number of rotatable bonds is 9. The highest BCUT2D eigenvalue weighted by atomic mass is 15.1. The maximum absolute atomic E-state index is 2.50. The van der Waals surface area contributed by atoms with Crippen LogP contribution < -0.4 is 4.90 Å². The SMILES string of the molecule is c1ccc(-c2ccc(-c3cccc4ccccc34)cc2N(c2ccc(-c3cccc4c5ccccc5n(-c5ccccc5)c34)cc2)c2ccccc2-c2cccc3cccc(-c4ccccc4)c23)cc1. The summed E-state index contributed by atoms with van der Waals surface area (Å²) in [6.07, 6.45) is 0. The van der Waals surface area contributed by atoms with Gasteiger partial charge in [-0.3, -0.25) is 0 Å². The fourth-order valence-electron chi connectivity index (χ4n) is 10.8. The Hall–Kier alpha value is -9.24. The van der Waals surface area contributed by atoms with Gasteiger partial charge in [0.1, 0.15) is 0 Å². The largest absolute Gasteiger partial charge is 0.309 e. The van der Waals surface area contributed by atoms with E-state index in [1.54, 1.807) is 0 Å². The third-order valence-corrected chi connectivity index (χ3v) is 14.0. The van der Waals surface area contributed by atoms with Crippen molar-refractivity contribution in [1.29, 1.82) is 0 Å². The predicted octanol–water partition coefficient (Wildman–Crippen LogP) is 18.9. The molecule has 0 spiro atoms. The Morgan fingerprint density at radius 2 is 0.786 bits per heavy atom. The van der Waals surface area contributed by atoms with E-state index in [4.69, 9.17) is 0 Å². The first-order valence-corrected chi connectivity index (χ1v) is 24.1. The van der Waals surface area contributed by atoms with Crippen molar-refractivity contribution in [3.05, 3.63) is 279 Å². The Kier molecular flexibility index (Phi) is 10.2. The van der Waals surface area contributed by atoms with Crippen LogP contribution in [0.1, 0.15) is 0 Å². The summed E-state index contributed by atoms with van der Waals surface area (Å²) >= 11 is 0. The first kappa shape index (κ1) is 41.0. The minimum Gasteiger partial charge on any atom is -0.309 e. The second-order valence-corrected chi connectivity index (χ2v) is 18.0. The van der Waals surface area contributed by atoms with Crippen LogP contribution in [0.4, 0.5) is 17.1 Å². The van der Waals surface area contributed by atoms with Gasteiger partial charge >= 0.3 is 0 Å². The summed E-state index contributed by atoms with van der Waals surface area (Å²) in [5, 5.41) is 7.36. The lowest BCUT2D eigenvalue weighted by molar-refractivity contribution is 1.18. The van der Waals surface area contributed by atoms with Gasteiger partial charge in [-0.25, -0.2) is 0 Å². The molecule has 0 bridgehead atoms. The van der Waals surface area contributed by atoms with Crippen LogP contribution in [0.15, 0.2) is 279 Å². The normalized spacial score (nSPS) is 11.4. The van der Waals surface area contributed by atoms with Gasteiger partial charge in [0.05, 0.1) is 22.4 Å². The van der Waals surface area contributed by atoms with Crippen LogP contribution in [-0.4, -0.2) is 4.57 Å². The van der Waals surface area contributed by atoms with Gasteiger partial charge in [0, 0.05) is 38.8 Å². The number of hydrogen-bond acceptors (Lipinski definition) is 1. The van der Waals surface area contributed by atoms with E-state index >= 15 is 0 Å². The van der Waals surface area contributed by atoms with E-state index < -0.39 is 0 Å². The maximum atomic E-state index is 2.50. The zero-order chi connectivity index (χ0) is 46.4. The molecule has 0 saturated carbocycles. The molecule has 328 valence electrons. The lowest BCUT2D eigenvalue weighted by Crippen LogP contribution is -2.13. The van der Waals surface area contributed by atoms with E-state index in [2.05, 4.69) is 289 Å². The van der Waals surface area contributed by atoms with Gasteiger partial charge in [-0.2, -0.15) is 0 Å². The van der Waals surface area contributed by atoms with E-state index in [9.17, 15) is 0 Å². The first-order valence-electron chi connectivity index (χ1n) is 24.1. The topological polar surface area (TPSA) is 8.17 Å². The maximum Gasteiger partial charge on any atom is 0.0619 e. The third-order valence-electron chi connectivity index (χ3n) is 14.0. The molecule has 13 rings (SSSR count). The van der Waals surface area contributed by atoms with Crippen LogP contribution in [-0.2, 0) is 0 Å². The summed E-state index contributed by atoms with van der Waals surface area (Å²) in [6, 6.07) is 102. The number of hydrogen-bond donors (Lipinski definition) is 0. The first-order chi connectivity index (χ1) is 34.8. The average Bonchev–Trinajstić information content (AvgIpc) is 3.78. The number of para-hydroxylation sites is 4. The van der Waals surface area contributed by atoms with Crippen molar-refractivity contribution in [1.82, 2.24) is 4.57 Å². The number of nitrogens with zero attached hydrogens (tertiary/aromatic N) is 2. The molecular weight excluding hydrogens is 845 g/mol. The van der Waals surface area contributed by atoms with Crippen molar-refractivity contribution < 1.29 is 0 Å². The molecule has 0 amide bonds. The molecule has 70 heavy (non-hydrogen) atoms. The highest BCUT2D eigenvalue weighted by molar-refractivity contribution is 6.14. The number of benzene rings is 12. The van der Waals surface area contributed by atoms with Gasteiger partial charge in [0.25, 0.3) is 0 Å². The van der Waals surface area contributed by atoms with Crippen LogP contribution >= 0.6 is 0 Å². The average molecular weight is 891 g/mol. The lowest BCUT2D eigenvalue weighted by atomic mass is 9.90. The zero-order valence-electron chi connectivity index (χ0n) is 38.5. The third kappa shape index (κ3) is 7.05. The molecule has 1 aromatic heterocycles. The predicted molar refractivity (Wildman–Crippen MR) is 298 cm³/mol. The van der Waals surface area contributed by atoms with Crippen LogP contribution in [0.2, 0.25) is 0 Å². The van der Waals surface area contributed by atoms with Crippen LogP contribution in [0.25, 0.3) is 105 Å². The van der Waals surface area contributed by atoms with E-state index in [-0.39, 0.29) is 0 Å². The zero-order valence-corrected chi connectivity index (χ0v) is 38.5. The molecule has 1 heterocycles. The van der Waals surface area contributed by atoms with Crippen molar-refractivity contribution in [2.45, 2.75) is 0 Å². The minimum atomic E-state index is 1.06. The highest BCUT2D eigenvalue weighted by Crippen LogP contribution is 2.49. The standard InChI is InChI=1S/C68H46N2/c1-4-20-48(21-5-1)57-45-42-52(56-33-16-25-47-24-10-11-30-55(47)56)46-66(57)69(64-38-14-12-31-60(64)62-36-18-27-51-26-17-34-58(67(51)62)49-22-6-2-7-23-49)54-43-40-50(41-44-54)59-35-19-37-63-61-32-13-15-39-65(61)70(68(59)63)53-28-8-3-9-29-53/h1-46H. The van der Waals surface area contributed by atoms with Crippen molar-refractivity contribution in [3.63, 3.8) is 0 Å². The van der Waals surface area contributed by atoms with E-state index in [1.165, 1.54) is 71.2 Å². The molecule has 0 fully saturated rings. The Labute approximate surface area is 408 Å². The molecule has 13 aromatic rings. The molecule has 2 heteroatoms. The van der Waals surface area contributed by atoms with Crippen LogP contribution in [0.5, 0.6) is 0 Å². The molecule has 0 N–H and O–H groups in total. The van der Waals surface area contributed by atoms with Crippen molar-refractivity contribution in [2.24, 2.45) is 0 Å². The Balaban J connectivity index is 1.07. The molecule has 0 aliphatic rings. The van der Waals surface area contributed by atoms with Gasteiger partial charge in [0.2, 0.25) is 0 Å². The van der Waals surface area contributed by atoms with Gasteiger partial charge in [-0.05, 0) is 103 Å². The second-order valence-electron chi connectivity index (χ2n) is 18.0. The monoisotopic (exact) mass is 890 g/mol.